The predicted molar refractivity (Wildman–Crippen MR) is 108 cm³/mol. The van der Waals surface area contributed by atoms with Crippen molar-refractivity contribution in [3.63, 3.8) is 0 Å². The molecule has 7 nitrogen and oxygen atoms in total. The van der Waals surface area contributed by atoms with Crippen LogP contribution < -0.4 is 5.14 Å². The van der Waals surface area contributed by atoms with Gasteiger partial charge in [0, 0.05) is 0 Å². The summed E-state index contributed by atoms with van der Waals surface area (Å²) in [5.41, 5.74) is 0. The lowest BCUT2D eigenvalue weighted by molar-refractivity contribution is 0.507. The van der Waals surface area contributed by atoms with E-state index in [-0.39, 0.29) is 14.2 Å². The Bertz CT molecular complexity index is 353. The van der Waals surface area contributed by atoms with E-state index in [1.807, 2.05) is 0 Å². The average Bonchev–Trinajstić information content (AvgIpc) is 2.54. The second-order valence-electron chi connectivity index (χ2n) is 7.43. The van der Waals surface area contributed by atoms with E-state index < -0.39 is 0 Å². The fourth-order valence-electron chi connectivity index (χ4n) is 3.77. The fourth-order valence-corrected chi connectivity index (χ4v) is 3.77. The third-order valence-electron chi connectivity index (χ3n) is 6.56. The van der Waals surface area contributed by atoms with E-state index in [0.717, 1.165) is 0 Å². The summed E-state index contributed by atoms with van der Waals surface area (Å²) in [6.45, 7) is 10.7. The molecule has 0 aromatic carbocycles. The van der Waals surface area contributed by atoms with E-state index in [1.54, 1.807) is 0 Å². The smallest absolute Gasteiger partial charge is 0.360 e. The number of nitrogens with one attached hydrogen (secondary N) is 1. The Balaban J connectivity index is 2.19. The molecule has 2 aliphatic rings. The van der Waals surface area contributed by atoms with Crippen molar-refractivity contribution in [3.05, 3.63) is 0 Å². The van der Waals surface area contributed by atoms with Gasteiger partial charge in [-0.1, -0.05) is 27.3 Å². The molecule has 2 rings (SSSR count). The number of hydrogen-bond donors (Lipinski definition) is 1. The van der Waals surface area contributed by atoms with Crippen LogP contribution in [0.4, 0.5) is 0 Å². The van der Waals surface area contributed by atoms with Crippen molar-refractivity contribution in [1.82, 2.24) is 33.5 Å². The number of nitrogens with zero attached hydrogens (tertiary/aromatic N) is 6. The third-order valence-corrected chi connectivity index (χ3v) is 6.56. The Hall–Kier alpha value is 0.110. The molecule has 0 aromatic heterocycles. The minimum Gasteiger partial charge on any atom is -0.360 e. The highest BCUT2D eigenvalue weighted by molar-refractivity contribution is 6.91. The highest BCUT2D eigenvalue weighted by Gasteiger charge is 2.50. The molecular weight excluding hydrogens is 283 g/mol. The van der Waals surface area contributed by atoms with Gasteiger partial charge in [-0.05, 0) is 42.3 Å². The maximum absolute atomic E-state index is 3.87. The van der Waals surface area contributed by atoms with Crippen LogP contribution in [0.15, 0.2) is 0 Å². The van der Waals surface area contributed by atoms with Gasteiger partial charge >= 0.3 is 14.2 Å². The molecule has 124 valence electrons. The predicted octanol–water partition coefficient (Wildman–Crippen LogP) is -1.36. The van der Waals surface area contributed by atoms with E-state index in [2.05, 4.69) is 103 Å². The maximum Gasteiger partial charge on any atom is 0.370 e. The Labute approximate surface area is 145 Å². The molecule has 0 bridgehead atoms. The normalized spacial score (nSPS) is 25.3. The number of hydrogen-bond acceptors (Lipinski definition) is 7. The van der Waals surface area contributed by atoms with E-state index in [4.69, 9.17) is 0 Å². The van der Waals surface area contributed by atoms with Crippen molar-refractivity contribution >= 4 is 42.2 Å². The third kappa shape index (κ3) is 3.29. The molecule has 0 aromatic rings. The maximum atomic E-state index is 3.87. The van der Waals surface area contributed by atoms with Gasteiger partial charge in [-0.2, -0.15) is 0 Å². The van der Waals surface area contributed by atoms with Crippen LogP contribution in [0.1, 0.15) is 0 Å². The molecule has 0 saturated carbocycles. The lowest BCUT2D eigenvalue weighted by atomic mass is 9.45. The van der Waals surface area contributed by atoms with Crippen molar-refractivity contribution < 1.29 is 0 Å². The average molecular weight is 314 g/mol. The molecule has 2 fully saturated rings. The Kier molecular flexibility index (Phi) is 6.05. The molecule has 1 N–H and O–H groups in total. The van der Waals surface area contributed by atoms with Crippen LogP contribution in [0.3, 0.4) is 0 Å². The topological polar surface area (TPSA) is 31.5 Å². The highest BCUT2D eigenvalue weighted by atomic mass is 15.4. The SMILES string of the molecule is CB1N(C)B(C)N(C)B(NB2N(C)B(C)N(C)B(C)N2C)N1C. The van der Waals surface area contributed by atoms with Crippen LogP contribution in [-0.2, 0) is 0 Å². The molecule has 0 radical (unpaired) electrons. The van der Waals surface area contributed by atoms with Crippen LogP contribution >= 0.6 is 0 Å². The summed E-state index contributed by atoms with van der Waals surface area (Å²) >= 11 is 0. The van der Waals surface area contributed by atoms with Crippen LogP contribution in [0, 0.1) is 0 Å². The summed E-state index contributed by atoms with van der Waals surface area (Å²) in [6, 6.07) is 0. The van der Waals surface area contributed by atoms with Gasteiger partial charge in [0.15, 0.2) is 0 Å². The van der Waals surface area contributed by atoms with Gasteiger partial charge < -0.3 is 33.5 Å². The van der Waals surface area contributed by atoms with Crippen LogP contribution in [0.25, 0.3) is 0 Å². The van der Waals surface area contributed by atoms with E-state index in [1.165, 1.54) is 0 Å². The molecule has 2 aliphatic heterocycles. The summed E-state index contributed by atoms with van der Waals surface area (Å²) in [5.74, 6) is 0. The summed E-state index contributed by atoms with van der Waals surface area (Å²) in [6.07, 6.45) is 0. The van der Waals surface area contributed by atoms with E-state index in [9.17, 15) is 0 Å². The summed E-state index contributed by atoms with van der Waals surface area (Å²) in [4.78, 5) is 0. The summed E-state index contributed by atoms with van der Waals surface area (Å²) in [5, 5.41) is 3.87. The fraction of sp³-hybridized carbons (Fsp3) is 1.00. The molecule has 0 unspecified atom stereocenters. The van der Waals surface area contributed by atoms with Gasteiger partial charge in [0.2, 0.25) is 0 Å². The zero-order chi connectivity index (χ0) is 17.6. The molecule has 2 saturated heterocycles. The minimum absolute atomic E-state index is 0.203. The van der Waals surface area contributed by atoms with Gasteiger partial charge in [-0.15, -0.1) is 0 Å². The van der Waals surface area contributed by atoms with Gasteiger partial charge in [0.05, 0.1) is 0 Å². The lowest BCUT2D eigenvalue weighted by Gasteiger charge is -2.53. The van der Waals surface area contributed by atoms with Gasteiger partial charge in [-0.25, -0.2) is 0 Å². The zero-order valence-corrected chi connectivity index (χ0v) is 16.6. The van der Waals surface area contributed by atoms with Crippen LogP contribution in [0.2, 0.25) is 27.3 Å². The Morgan fingerprint density at radius 1 is 0.435 bits per heavy atom. The summed E-state index contributed by atoms with van der Waals surface area (Å²) in [7, 11) is 13.6. The van der Waals surface area contributed by atoms with Crippen LogP contribution in [0.5, 0.6) is 0 Å². The van der Waals surface area contributed by atoms with Crippen molar-refractivity contribution in [1.29, 1.82) is 0 Å². The van der Waals surface area contributed by atoms with E-state index in [0.29, 0.717) is 27.9 Å². The molecular formula is C10H31B6N7. The first-order chi connectivity index (χ1) is 10.6. The second kappa shape index (κ2) is 7.15. The Morgan fingerprint density at radius 3 is 0.870 bits per heavy atom. The minimum atomic E-state index is 0.203. The van der Waals surface area contributed by atoms with Crippen molar-refractivity contribution in [2.75, 3.05) is 42.3 Å². The summed E-state index contributed by atoms with van der Waals surface area (Å²) < 4.78 is 14.4. The van der Waals surface area contributed by atoms with Crippen molar-refractivity contribution in [2.24, 2.45) is 0 Å². The molecule has 0 amide bonds. The second-order valence-corrected chi connectivity index (χ2v) is 7.43. The van der Waals surface area contributed by atoms with Crippen LogP contribution in [-0.4, -0.2) is 113 Å². The quantitative estimate of drug-likeness (QED) is 0.630. The van der Waals surface area contributed by atoms with Gasteiger partial charge in [-0.3, -0.25) is 0 Å². The molecule has 0 aliphatic carbocycles. The molecule has 0 atom stereocenters. The van der Waals surface area contributed by atoms with Crippen molar-refractivity contribution in [2.45, 2.75) is 27.3 Å². The van der Waals surface area contributed by atoms with Gasteiger partial charge in [0.1, 0.15) is 0 Å². The first-order valence-electron chi connectivity index (χ1n) is 8.67. The monoisotopic (exact) mass is 315 g/mol. The zero-order valence-electron chi connectivity index (χ0n) is 16.6. The molecule has 2 heterocycles. The largest absolute Gasteiger partial charge is 0.370 e. The lowest BCUT2D eigenvalue weighted by Crippen LogP contribution is -2.84. The molecule has 23 heavy (non-hydrogen) atoms. The van der Waals surface area contributed by atoms with Gasteiger partial charge in [0.25, 0.3) is 27.9 Å². The first-order valence-corrected chi connectivity index (χ1v) is 8.67. The first kappa shape index (κ1) is 19.4. The number of rotatable bonds is 2. The van der Waals surface area contributed by atoms with Crippen molar-refractivity contribution in [3.8, 4) is 0 Å². The molecule has 13 heteroatoms. The Morgan fingerprint density at radius 2 is 0.652 bits per heavy atom. The highest BCUT2D eigenvalue weighted by Crippen LogP contribution is 2.17. The van der Waals surface area contributed by atoms with E-state index >= 15 is 0 Å². The standard InChI is InChI=1S/C10H31B6N7/c1-11-18(5)12(2)21(8)15(20(11)7)17-16-22(9)13(3)19(6)14(4)23(16)10/h17H,1-10H3. The molecule has 0 spiro atoms.